The van der Waals surface area contributed by atoms with Crippen molar-refractivity contribution in [3.63, 3.8) is 0 Å². The molecule has 0 spiro atoms. The second kappa shape index (κ2) is 15.3. The van der Waals surface area contributed by atoms with Gasteiger partial charge in [-0.15, -0.1) is 0 Å². The molecular formula is C18H43NO4Si2. The summed E-state index contributed by atoms with van der Waals surface area (Å²) in [7, 11) is -3.94. The van der Waals surface area contributed by atoms with Crippen LogP contribution in [0.4, 0.5) is 0 Å². The van der Waals surface area contributed by atoms with E-state index in [9.17, 15) is 0 Å². The van der Waals surface area contributed by atoms with Crippen molar-refractivity contribution in [2.75, 3.05) is 39.5 Å². The topological polar surface area (TPSA) is 49.0 Å². The summed E-state index contributed by atoms with van der Waals surface area (Å²) in [6, 6.07) is 4.60. The van der Waals surface area contributed by atoms with Gasteiger partial charge in [0.1, 0.15) is 0 Å². The molecule has 5 nitrogen and oxygen atoms in total. The van der Waals surface area contributed by atoms with Crippen molar-refractivity contribution in [1.82, 2.24) is 5.32 Å². The summed E-state index contributed by atoms with van der Waals surface area (Å²) in [4.78, 5) is 0. The summed E-state index contributed by atoms with van der Waals surface area (Å²) in [5.74, 6) is 0. The van der Waals surface area contributed by atoms with Crippen LogP contribution in [0, 0.1) is 0 Å². The molecule has 0 aromatic heterocycles. The van der Waals surface area contributed by atoms with Crippen molar-refractivity contribution in [2.24, 2.45) is 0 Å². The summed E-state index contributed by atoms with van der Waals surface area (Å²) >= 11 is 0. The van der Waals surface area contributed by atoms with Gasteiger partial charge in [0, 0.05) is 32.5 Å². The maximum absolute atomic E-state index is 6.15. The molecule has 0 fully saturated rings. The summed E-state index contributed by atoms with van der Waals surface area (Å²) in [6.45, 7) is 17.6. The zero-order valence-electron chi connectivity index (χ0n) is 17.6. The molecule has 1 N–H and O–H groups in total. The largest absolute Gasteiger partial charge is 0.500 e. The van der Waals surface area contributed by atoms with Crippen LogP contribution >= 0.6 is 0 Å². The molecule has 0 aromatic carbocycles. The van der Waals surface area contributed by atoms with Crippen LogP contribution in [0.15, 0.2) is 0 Å². The van der Waals surface area contributed by atoms with E-state index in [0.717, 1.165) is 32.2 Å². The van der Waals surface area contributed by atoms with Crippen LogP contribution in [-0.2, 0) is 17.7 Å². The Balaban J connectivity index is 4.09. The molecule has 0 aliphatic rings. The first-order valence-electron chi connectivity index (χ1n) is 10.3. The predicted molar refractivity (Wildman–Crippen MR) is 111 cm³/mol. The minimum absolute atomic E-state index is 0.651. The maximum atomic E-state index is 6.15. The van der Waals surface area contributed by atoms with Gasteiger partial charge in [-0.05, 0) is 71.8 Å². The van der Waals surface area contributed by atoms with Gasteiger partial charge in [-0.2, -0.15) is 0 Å². The fourth-order valence-corrected chi connectivity index (χ4v) is 9.08. The van der Waals surface area contributed by atoms with E-state index < -0.39 is 17.1 Å². The van der Waals surface area contributed by atoms with Crippen LogP contribution in [0.25, 0.3) is 0 Å². The van der Waals surface area contributed by atoms with Crippen LogP contribution in [0.5, 0.6) is 0 Å². The Hall–Kier alpha value is 0.234. The minimum Gasteiger partial charge on any atom is -0.417 e. The van der Waals surface area contributed by atoms with E-state index in [-0.39, 0.29) is 0 Å². The van der Waals surface area contributed by atoms with E-state index in [2.05, 4.69) is 26.1 Å². The number of hydrogen-bond acceptors (Lipinski definition) is 5. The van der Waals surface area contributed by atoms with Gasteiger partial charge in [0.05, 0.1) is 0 Å². The van der Waals surface area contributed by atoms with Crippen molar-refractivity contribution in [2.45, 2.75) is 78.6 Å². The van der Waals surface area contributed by atoms with Crippen molar-refractivity contribution in [1.29, 1.82) is 0 Å². The third-order valence-corrected chi connectivity index (χ3v) is 12.5. The highest BCUT2D eigenvalue weighted by atomic mass is 28.4. The van der Waals surface area contributed by atoms with Crippen LogP contribution in [0.2, 0.25) is 24.2 Å². The van der Waals surface area contributed by atoms with Crippen molar-refractivity contribution in [3.05, 3.63) is 0 Å². The second-order valence-electron chi connectivity index (χ2n) is 6.26. The van der Waals surface area contributed by atoms with E-state index >= 15 is 0 Å². The Morgan fingerprint density at radius 2 is 1.04 bits per heavy atom. The predicted octanol–water partition coefficient (Wildman–Crippen LogP) is 4.43. The molecule has 25 heavy (non-hydrogen) atoms. The Bertz CT molecular complexity index is 288. The maximum Gasteiger partial charge on any atom is 0.500 e. The van der Waals surface area contributed by atoms with Gasteiger partial charge < -0.3 is 23.0 Å². The lowest BCUT2D eigenvalue weighted by atomic mass is 10.4. The summed E-state index contributed by atoms with van der Waals surface area (Å²) in [5.41, 5.74) is 0. The quantitative estimate of drug-likeness (QED) is 0.276. The smallest absolute Gasteiger partial charge is 0.417 e. The van der Waals surface area contributed by atoms with E-state index in [1.54, 1.807) is 0 Å². The molecule has 0 aliphatic carbocycles. The Morgan fingerprint density at radius 1 is 0.600 bits per heavy atom. The van der Waals surface area contributed by atoms with Gasteiger partial charge in [0.25, 0.3) is 0 Å². The van der Waals surface area contributed by atoms with Gasteiger partial charge in [0.15, 0.2) is 8.32 Å². The highest BCUT2D eigenvalue weighted by molar-refractivity contribution is 6.73. The molecule has 7 heteroatoms. The Kier molecular flexibility index (Phi) is 15.5. The van der Waals surface area contributed by atoms with E-state index in [0.29, 0.717) is 19.8 Å². The third-order valence-electron chi connectivity index (χ3n) is 4.65. The first-order chi connectivity index (χ1) is 12.1. The normalized spacial score (nSPS) is 12.7. The van der Waals surface area contributed by atoms with E-state index in [1.165, 1.54) is 24.6 Å². The molecule has 0 radical (unpaired) electrons. The monoisotopic (exact) mass is 393 g/mol. The molecule has 0 saturated carbocycles. The van der Waals surface area contributed by atoms with E-state index in [4.69, 9.17) is 17.7 Å². The molecule has 0 heterocycles. The highest BCUT2D eigenvalue weighted by Gasteiger charge is 2.39. The zero-order chi connectivity index (χ0) is 19.0. The van der Waals surface area contributed by atoms with Gasteiger partial charge in [-0.3, -0.25) is 0 Å². The number of nitrogens with one attached hydrogen (secondary N) is 1. The van der Waals surface area contributed by atoms with Gasteiger partial charge >= 0.3 is 8.80 Å². The standard InChI is InChI=1S/C18H43NO4Si2/c1-7-20-24(11-5,12-6)17-13-15-19-16-14-18-25(21-8-2,22-9-3)23-10-4/h19H,7-18H2,1-6H3. The molecule has 0 amide bonds. The Morgan fingerprint density at radius 3 is 1.44 bits per heavy atom. The third kappa shape index (κ3) is 10.2. The van der Waals surface area contributed by atoms with Crippen LogP contribution in [0.1, 0.15) is 54.4 Å². The molecule has 0 aliphatic heterocycles. The van der Waals surface area contributed by atoms with Crippen LogP contribution in [0.3, 0.4) is 0 Å². The Labute approximate surface area is 158 Å². The first-order valence-corrected chi connectivity index (χ1v) is 14.8. The average Bonchev–Trinajstić information content (AvgIpc) is 2.60. The fourth-order valence-electron chi connectivity index (χ4n) is 3.28. The molecule has 0 rings (SSSR count). The fraction of sp³-hybridized carbons (Fsp3) is 1.00. The van der Waals surface area contributed by atoms with Crippen LogP contribution in [-0.4, -0.2) is 56.6 Å². The summed E-state index contributed by atoms with van der Waals surface area (Å²) < 4.78 is 23.8. The first kappa shape index (κ1) is 25.2. The SMILES string of the molecule is CCO[Si](CC)(CC)CCCNCCC[Si](OCC)(OCC)OCC. The average molecular weight is 394 g/mol. The lowest BCUT2D eigenvalue weighted by Crippen LogP contribution is -2.46. The second-order valence-corrected chi connectivity index (χ2v) is 13.6. The van der Waals surface area contributed by atoms with Crippen LogP contribution < -0.4 is 5.32 Å². The molecule has 152 valence electrons. The molecule has 0 saturated heterocycles. The van der Waals surface area contributed by atoms with Crippen molar-refractivity contribution in [3.8, 4) is 0 Å². The number of rotatable bonds is 18. The summed E-state index contributed by atoms with van der Waals surface area (Å²) in [6.07, 6.45) is 2.24. The summed E-state index contributed by atoms with van der Waals surface area (Å²) in [5, 5.41) is 3.57. The van der Waals surface area contributed by atoms with Gasteiger partial charge in [-0.1, -0.05) is 13.8 Å². The van der Waals surface area contributed by atoms with Gasteiger partial charge in [0.2, 0.25) is 0 Å². The van der Waals surface area contributed by atoms with E-state index in [1.807, 2.05) is 20.8 Å². The lowest BCUT2D eigenvalue weighted by Gasteiger charge is -2.29. The molecule has 0 unspecified atom stereocenters. The minimum atomic E-state index is -2.47. The zero-order valence-corrected chi connectivity index (χ0v) is 19.6. The molecule has 0 bridgehead atoms. The van der Waals surface area contributed by atoms with Crippen molar-refractivity contribution >= 4 is 17.1 Å². The molecule has 0 atom stereocenters. The molecule has 0 aromatic rings. The molecular weight excluding hydrogens is 350 g/mol. The lowest BCUT2D eigenvalue weighted by molar-refractivity contribution is 0.0708. The number of hydrogen-bond donors (Lipinski definition) is 1. The van der Waals surface area contributed by atoms with Crippen molar-refractivity contribution < 1.29 is 17.7 Å². The van der Waals surface area contributed by atoms with Gasteiger partial charge in [-0.25, -0.2) is 0 Å². The highest BCUT2D eigenvalue weighted by Crippen LogP contribution is 2.23.